The number of amides is 1. The van der Waals surface area contributed by atoms with Gasteiger partial charge in [0.15, 0.2) is 0 Å². The van der Waals surface area contributed by atoms with Crippen LogP contribution in [0.25, 0.3) is 0 Å². The van der Waals surface area contributed by atoms with Crippen LogP contribution in [0.15, 0.2) is 28.7 Å². The largest absolute Gasteiger partial charge is 0.349 e. The fourth-order valence-corrected chi connectivity index (χ4v) is 2.53. The molecule has 1 N–H and O–H groups in total. The molecule has 0 saturated carbocycles. The molecular formula is C13H17BrN2O. The van der Waals surface area contributed by atoms with Crippen molar-refractivity contribution >= 4 is 21.8 Å². The molecule has 1 aliphatic rings. The molecule has 1 aromatic carbocycles. The van der Waals surface area contributed by atoms with Gasteiger partial charge >= 0.3 is 0 Å². The summed E-state index contributed by atoms with van der Waals surface area (Å²) in [5.74, 6) is 0.0204. The molecule has 1 heterocycles. The molecular weight excluding hydrogens is 280 g/mol. The third-order valence-electron chi connectivity index (χ3n) is 3.17. The maximum Gasteiger partial charge on any atom is 0.252 e. The standard InChI is InChI=1S/C13H17BrN2O/c1-16-8-6-10(7-9-16)15-13(17)11-4-2-3-5-12(11)14/h2-5,10H,6-9H2,1H3,(H,15,17). The maximum atomic E-state index is 12.1. The number of nitrogens with one attached hydrogen (secondary N) is 1. The normalized spacial score (nSPS) is 18.0. The third kappa shape index (κ3) is 3.30. The summed E-state index contributed by atoms with van der Waals surface area (Å²) < 4.78 is 0.852. The van der Waals surface area contributed by atoms with E-state index in [0.717, 1.165) is 30.4 Å². The molecule has 1 saturated heterocycles. The van der Waals surface area contributed by atoms with Crippen LogP contribution >= 0.6 is 15.9 Å². The second-order valence-electron chi connectivity index (χ2n) is 4.53. The summed E-state index contributed by atoms with van der Waals surface area (Å²) in [5, 5.41) is 3.10. The number of piperidine rings is 1. The van der Waals surface area contributed by atoms with E-state index >= 15 is 0 Å². The van der Waals surface area contributed by atoms with Gasteiger partial charge in [0, 0.05) is 10.5 Å². The minimum absolute atomic E-state index is 0.0204. The molecule has 3 nitrogen and oxygen atoms in total. The molecule has 0 atom stereocenters. The number of carbonyl (C=O) groups is 1. The van der Waals surface area contributed by atoms with E-state index in [-0.39, 0.29) is 5.91 Å². The van der Waals surface area contributed by atoms with Crippen molar-refractivity contribution in [3.8, 4) is 0 Å². The van der Waals surface area contributed by atoms with Crippen molar-refractivity contribution < 1.29 is 4.79 Å². The summed E-state index contributed by atoms with van der Waals surface area (Å²) in [6.45, 7) is 2.11. The molecule has 0 aliphatic carbocycles. The highest BCUT2D eigenvalue weighted by Gasteiger charge is 2.19. The zero-order valence-electron chi connectivity index (χ0n) is 9.95. The molecule has 0 radical (unpaired) electrons. The lowest BCUT2D eigenvalue weighted by Crippen LogP contribution is -2.43. The second kappa shape index (κ2) is 5.65. The van der Waals surface area contributed by atoms with Gasteiger partial charge in [-0.1, -0.05) is 12.1 Å². The first-order valence-corrected chi connectivity index (χ1v) is 6.70. The van der Waals surface area contributed by atoms with E-state index in [9.17, 15) is 4.79 Å². The van der Waals surface area contributed by atoms with Crippen LogP contribution in [-0.2, 0) is 0 Å². The number of nitrogens with zero attached hydrogens (tertiary/aromatic N) is 1. The Labute approximate surface area is 110 Å². The zero-order chi connectivity index (χ0) is 12.3. The lowest BCUT2D eigenvalue weighted by molar-refractivity contribution is 0.0916. The predicted molar refractivity (Wildman–Crippen MR) is 72.1 cm³/mol. The molecule has 0 unspecified atom stereocenters. The van der Waals surface area contributed by atoms with Gasteiger partial charge in [0.2, 0.25) is 0 Å². The summed E-state index contributed by atoms with van der Waals surface area (Å²) in [6.07, 6.45) is 2.07. The summed E-state index contributed by atoms with van der Waals surface area (Å²) in [7, 11) is 2.12. The lowest BCUT2D eigenvalue weighted by atomic mass is 10.0. The molecule has 92 valence electrons. The molecule has 0 spiro atoms. The van der Waals surface area contributed by atoms with Gasteiger partial charge in [-0.05, 0) is 61.0 Å². The van der Waals surface area contributed by atoms with Crippen LogP contribution < -0.4 is 5.32 Å². The van der Waals surface area contributed by atoms with Gasteiger partial charge in [0.05, 0.1) is 5.56 Å². The summed E-state index contributed by atoms with van der Waals surface area (Å²) in [6, 6.07) is 7.84. The second-order valence-corrected chi connectivity index (χ2v) is 5.39. The number of hydrogen-bond acceptors (Lipinski definition) is 2. The number of halogens is 1. The predicted octanol–water partition coefficient (Wildman–Crippen LogP) is 2.27. The molecule has 17 heavy (non-hydrogen) atoms. The van der Waals surface area contributed by atoms with Crippen molar-refractivity contribution in [1.82, 2.24) is 10.2 Å². The molecule has 1 aliphatic heterocycles. The van der Waals surface area contributed by atoms with E-state index in [4.69, 9.17) is 0 Å². The first-order chi connectivity index (χ1) is 8.16. The van der Waals surface area contributed by atoms with Gasteiger partial charge in [-0.15, -0.1) is 0 Å². The monoisotopic (exact) mass is 296 g/mol. The van der Waals surface area contributed by atoms with Crippen LogP contribution in [0.1, 0.15) is 23.2 Å². The highest BCUT2D eigenvalue weighted by molar-refractivity contribution is 9.10. The molecule has 1 fully saturated rings. The molecule has 1 aromatic rings. The maximum absolute atomic E-state index is 12.1. The van der Waals surface area contributed by atoms with Gasteiger partial charge in [-0.25, -0.2) is 0 Å². The topological polar surface area (TPSA) is 32.3 Å². The van der Waals surface area contributed by atoms with Crippen LogP contribution in [0.2, 0.25) is 0 Å². The fraction of sp³-hybridized carbons (Fsp3) is 0.462. The molecule has 0 aromatic heterocycles. The number of rotatable bonds is 2. The Kier molecular flexibility index (Phi) is 4.18. The number of carbonyl (C=O) groups excluding carboxylic acids is 1. The Hall–Kier alpha value is -0.870. The van der Waals surface area contributed by atoms with Crippen molar-refractivity contribution in [3.05, 3.63) is 34.3 Å². The van der Waals surface area contributed by atoms with Crippen molar-refractivity contribution in [1.29, 1.82) is 0 Å². The molecule has 1 amide bonds. The SMILES string of the molecule is CN1CCC(NC(=O)c2ccccc2Br)CC1. The Bertz CT molecular complexity index is 400. The Morgan fingerprint density at radius 2 is 2.00 bits per heavy atom. The van der Waals surface area contributed by atoms with E-state index in [1.807, 2.05) is 24.3 Å². The number of benzene rings is 1. The quantitative estimate of drug-likeness (QED) is 0.908. The summed E-state index contributed by atoms with van der Waals surface area (Å²) in [5.41, 5.74) is 0.714. The summed E-state index contributed by atoms with van der Waals surface area (Å²) >= 11 is 3.40. The molecule has 0 bridgehead atoms. The van der Waals surface area contributed by atoms with Gasteiger partial charge in [0.25, 0.3) is 5.91 Å². The van der Waals surface area contributed by atoms with Crippen LogP contribution in [0, 0.1) is 0 Å². The smallest absolute Gasteiger partial charge is 0.252 e. The van der Waals surface area contributed by atoms with E-state index in [2.05, 4.69) is 33.2 Å². The van der Waals surface area contributed by atoms with Crippen molar-refractivity contribution in [2.45, 2.75) is 18.9 Å². The average Bonchev–Trinajstić information content (AvgIpc) is 2.32. The van der Waals surface area contributed by atoms with Crippen LogP contribution in [0.5, 0.6) is 0 Å². The van der Waals surface area contributed by atoms with E-state index < -0.39 is 0 Å². The lowest BCUT2D eigenvalue weighted by Gasteiger charge is -2.29. The first-order valence-electron chi connectivity index (χ1n) is 5.91. The van der Waals surface area contributed by atoms with E-state index in [1.54, 1.807) is 0 Å². The van der Waals surface area contributed by atoms with Crippen molar-refractivity contribution in [2.24, 2.45) is 0 Å². The number of hydrogen-bond donors (Lipinski definition) is 1. The first kappa shape index (κ1) is 12.6. The Balaban J connectivity index is 1.96. The molecule has 2 rings (SSSR count). The fourth-order valence-electron chi connectivity index (χ4n) is 2.06. The highest BCUT2D eigenvalue weighted by Crippen LogP contribution is 2.16. The minimum Gasteiger partial charge on any atom is -0.349 e. The average molecular weight is 297 g/mol. The van der Waals surface area contributed by atoms with Gasteiger partial charge < -0.3 is 10.2 Å². The highest BCUT2D eigenvalue weighted by atomic mass is 79.9. The number of likely N-dealkylation sites (tertiary alicyclic amines) is 1. The van der Waals surface area contributed by atoms with Crippen molar-refractivity contribution in [2.75, 3.05) is 20.1 Å². The zero-order valence-corrected chi connectivity index (χ0v) is 11.5. The van der Waals surface area contributed by atoms with Crippen LogP contribution in [0.4, 0.5) is 0 Å². The van der Waals surface area contributed by atoms with E-state index in [1.165, 1.54) is 0 Å². The molecule has 4 heteroatoms. The van der Waals surface area contributed by atoms with Crippen molar-refractivity contribution in [3.63, 3.8) is 0 Å². The summed E-state index contributed by atoms with van der Waals surface area (Å²) in [4.78, 5) is 14.4. The Morgan fingerprint density at radius 3 is 2.65 bits per heavy atom. The Morgan fingerprint density at radius 1 is 1.35 bits per heavy atom. The van der Waals surface area contributed by atoms with Gasteiger partial charge in [0.1, 0.15) is 0 Å². The van der Waals surface area contributed by atoms with E-state index in [0.29, 0.717) is 11.6 Å². The van der Waals surface area contributed by atoms with Crippen LogP contribution in [0.3, 0.4) is 0 Å². The van der Waals surface area contributed by atoms with Gasteiger partial charge in [-0.3, -0.25) is 4.79 Å². The third-order valence-corrected chi connectivity index (χ3v) is 3.86. The minimum atomic E-state index is 0.0204. The van der Waals surface area contributed by atoms with Gasteiger partial charge in [-0.2, -0.15) is 0 Å². The van der Waals surface area contributed by atoms with Crippen LogP contribution in [-0.4, -0.2) is 37.0 Å².